The van der Waals surface area contributed by atoms with Gasteiger partial charge in [-0.3, -0.25) is 0 Å². The summed E-state index contributed by atoms with van der Waals surface area (Å²) in [4.78, 5) is 0. The van der Waals surface area contributed by atoms with Crippen LogP contribution >= 0.6 is 11.6 Å². The normalized spacial score (nSPS) is 16.1. The predicted molar refractivity (Wildman–Crippen MR) is 95.8 cm³/mol. The Kier molecular flexibility index (Phi) is 6.93. The second kappa shape index (κ2) is 7.74. The molecule has 1 aliphatic heterocycles. The monoisotopic (exact) mass is 310 g/mol. The molecule has 4 heteroatoms. The van der Waals surface area contributed by atoms with E-state index in [1.165, 1.54) is 31.2 Å². The average molecular weight is 311 g/mol. The Hall–Kier alpha value is -0.148. The van der Waals surface area contributed by atoms with Crippen molar-refractivity contribution < 1.29 is 0 Å². The minimum absolute atomic E-state index is 0.372. The zero-order valence-corrected chi connectivity index (χ0v) is 15.6. The van der Waals surface area contributed by atoms with E-state index in [-0.39, 0.29) is 0 Å². The van der Waals surface area contributed by atoms with Gasteiger partial charge in [0.1, 0.15) is 8.24 Å². The van der Waals surface area contributed by atoms with Gasteiger partial charge in [0.25, 0.3) is 7.41 Å². The third kappa shape index (κ3) is 5.00. The number of rotatable bonds is 7. The predicted octanol–water partition coefficient (Wildman–Crippen LogP) is 5.51. The summed E-state index contributed by atoms with van der Waals surface area (Å²) < 4.78 is 2.51. The van der Waals surface area contributed by atoms with Crippen LogP contribution in [0.3, 0.4) is 0 Å². The van der Waals surface area contributed by atoms with Crippen LogP contribution in [0.5, 0.6) is 0 Å². The van der Waals surface area contributed by atoms with Crippen LogP contribution in [-0.2, 0) is 0 Å². The second-order valence-corrected chi connectivity index (χ2v) is 12.8. The molecule has 1 nitrogen and oxygen atoms in total. The number of allylic oxidation sites excluding steroid dienone is 3. The summed E-state index contributed by atoms with van der Waals surface area (Å²) in [6.45, 7) is 12.0. The first-order valence-electron chi connectivity index (χ1n) is 7.85. The molecule has 0 N–H and O–H groups in total. The van der Waals surface area contributed by atoms with E-state index in [2.05, 4.69) is 64.1 Å². The number of alkyl halides is 1. The SMILES string of the molecule is CC(C)(C)[Si](C)(C)N1[B]C(CCCCCCCl)=CC=C1. The van der Waals surface area contributed by atoms with Crippen LogP contribution < -0.4 is 0 Å². The first kappa shape index (κ1) is 17.9. The Bertz CT molecular complexity index is 358. The van der Waals surface area contributed by atoms with Gasteiger partial charge in [-0.1, -0.05) is 64.7 Å². The van der Waals surface area contributed by atoms with Crippen LogP contribution in [0.15, 0.2) is 23.8 Å². The van der Waals surface area contributed by atoms with Gasteiger partial charge < -0.3 is 4.48 Å². The summed E-state index contributed by atoms with van der Waals surface area (Å²) in [6.07, 6.45) is 12.9. The van der Waals surface area contributed by atoms with Gasteiger partial charge in [-0.2, -0.15) is 0 Å². The number of hydrogen-bond acceptors (Lipinski definition) is 1. The van der Waals surface area contributed by atoms with Crippen molar-refractivity contribution in [2.45, 2.75) is 71.0 Å². The molecular formula is C16H30BClNSi. The largest absolute Gasteiger partial charge is 0.448 e. The summed E-state index contributed by atoms with van der Waals surface area (Å²) in [5.41, 5.74) is 1.48. The fourth-order valence-corrected chi connectivity index (χ4v) is 4.10. The van der Waals surface area contributed by atoms with Gasteiger partial charge in [0.05, 0.1) is 0 Å². The molecule has 0 atom stereocenters. The summed E-state index contributed by atoms with van der Waals surface area (Å²) in [7, 11) is 0.915. The van der Waals surface area contributed by atoms with E-state index in [9.17, 15) is 0 Å². The molecule has 0 spiro atoms. The van der Waals surface area contributed by atoms with Gasteiger partial charge in [0.15, 0.2) is 0 Å². The van der Waals surface area contributed by atoms with Crippen molar-refractivity contribution in [3.63, 3.8) is 0 Å². The van der Waals surface area contributed by atoms with Gasteiger partial charge in [-0.15, -0.1) is 11.6 Å². The smallest absolute Gasteiger partial charge is 0.271 e. The number of nitrogens with zero attached hydrogens (tertiary/aromatic N) is 1. The molecule has 0 saturated heterocycles. The van der Waals surface area contributed by atoms with E-state index in [4.69, 9.17) is 11.6 Å². The lowest BCUT2D eigenvalue weighted by atomic mass is 9.77. The lowest BCUT2D eigenvalue weighted by Crippen LogP contribution is -2.54. The van der Waals surface area contributed by atoms with Gasteiger partial charge in [0.2, 0.25) is 0 Å². The highest BCUT2D eigenvalue weighted by Crippen LogP contribution is 2.39. The number of unbranched alkanes of at least 4 members (excludes halogenated alkanes) is 3. The summed E-state index contributed by atoms with van der Waals surface area (Å²) in [5.74, 6) is 0.802. The molecule has 0 bridgehead atoms. The van der Waals surface area contributed by atoms with Gasteiger partial charge in [-0.05, 0) is 30.2 Å². The average Bonchev–Trinajstić information content (AvgIpc) is 2.37. The Labute approximate surface area is 132 Å². The Balaban J connectivity index is 2.47. The molecule has 0 aromatic rings. The molecule has 1 aliphatic rings. The van der Waals surface area contributed by atoms with Crippen molar-refractivity contribution in [2.75, 3.05) is 5.88 Å². The van der Waals surface area contributed by atoms with Crippen LogP contribution in [0.1, 0.15) is 52.9 Å². The lowest BCUT2D eigenvalue weighted by molar-refractivity contribution is 0.649. The third-order valence-corrected chi connectivity index (χ3v) is 10.2. The minimum Gasteiger partial charge on any atom is -0.448 e. The third-order valence-electron chi connectivity index (χ3n) is 4.69. The zero-order valence-electron chi connectivity index (χ0n) is 13.9. The molecule has 20 heavy (non-hydrogen) atoms. The van der Waals surface area contributed by atoms with Gasteiger partial charge in [-0.25, -0.2) is 0 Å². The maximum Gasteiger partial charge on any atom is 0.271 e. The van der Waals surface area contributed by atoms with Crippen LogP contribution in [0.4, 0.5) is 0 Å². The Morgan fingerprint density at radius 2 is 1.80 bits per heavy atom. The molecule has 0 fully saturated rings. The summed E-state index contributed by atoms with van der Waals surface area (Å²) in [5, 5.41) is 0.372. The van der Waals surface area contributed by atoms with E-state index >= 15 is 0 Å². The van der Waals surface area contributed by atoms with Crippen molar-refractivity contribution in [2.24, 2.45) is 0 Å². The highest BCUT2D eigenvalue weighted by Gasteiger charge is 2.40. The van der Waals surface area contributed by atoms with E-state index in [0.29, 0.717) is 5.04 Å². The molecule has 1 radical (unpaired) electrons. The molecule has 1 rings (SSSR count). The van der Waals surface area contributed by atoms with Crippen molar-refractivity contribution in [1.29, 1.82) is 0 Å². The Morgan fingerprint density at radius 1 is 1.15 bits per heavy atom. The number of halogens is 1. The van der Waals surface area contributed by atoms with Crippen LogP contribution in [0.25, 0.3) is 0 Å². The van der Waals surface area contributed by atoms with E-state index in [1.807, 2.05) is 0 Å². The van der Waals surface area contributed by atoms with Crippen molar-refractivity contribution in [3.05, 3.63) is 23.8 Å². The minimum atomic E-state index is -1.47. The fourth-order valence-electron chi connectivity index (χ4n) is 2.18. The molecule has 0 aromatic carbocycles. The van der Waals surface area contributed by atoms with Gasteiger partial charge in [0, 0.05) is 5.88 Å². The van der Waals surface area contributed by atoms with E-state index in [1.54, 1.807) is 0 Å². The Morgan fingerprint density at radius 3 is 2.40 bits per heavy atom. The van der Waals surface area contributed by atoms with Crippen LogP contribution in [0, 0.1) is 0 Å². The molecular weight excluding hydrogens is 281 g/mol. The fraction of sp³-hybridized carbons (Fsp3) is 0.750. The lowest BCUT2D eigenvalue weighted by Gasteiger charge is -2.47. The van der Waals surface area contributed by atoms with E-state index in [0.717, 1.165) is 12.3 Å². The quantitative estimate of drug-likeness (QED) is 0.340. The molecule has 0 aromatic heterocycles. The topological polar surface area (TPSA) is 3.24 Å². The van der Waals surface area contributed by atoms with Crippen LogP contribution in [0.2, 0.25) is 18.1 Å². The molecule has 0 saturated carbocycles. The standard InChI is InChI=1S/C16H30BClNSi/c1-16(2,3)20(4,5)19-14-10-12-15(17-19)11-8-6-7-9-13-18/h10,12,14H,6-9,11,13H2,1-5H3. The second-order valence-electron chi connectivity index (χ2n) is 7.28. The summed E-state index contributed by atoms with van der Waals surface area (Å²) >= 11 is 5.71. The first-order chi connectivity index (χ1) is 9.29. The summed E-state index contributed by atoms with van der Waals surface area (Å²) in [6, 6.07) is 0. The molecule has 113 valence electrons. The van der Waals surface area contributed by atoms with Crippen molar-refractivity contribution >= 4 is 27.3 Å². The maximum absolute atomic E-state index is 5.71. The first-order valence-corrected chi connectivity index (χ1v) is 11.3. The van der Waals surface area contributed by atoms with Crippen molar-refractivity contribution in [3.8, 4) is 0 Å². The molecule has 1 heterocycles. The molecule has 0 unspecified atom stereocenters. The maximum atomic E-state index is 5.71. The molecule has 0 amide bonds. The highest BCUT2D eigenvalue weighted by atomic mass is 35.5. The van der Waals surface area contributed by atoms with E-state index < -0.39 is 8.24 Å². The molecule has 0 aliphatic carbocycles. The van der Waals surface area contributed by atoms with Gasteiger partial charge >= 0.3 is 0 Å². The van der Waals surface area contributed by atoms with Crippen molar-refractivity contribution in [1.82, 2.24) is 4.48 Å². The van der Waals surface area contributed by atoms with Crippen LogP contribution in [-0.4, -0.2) is 26.0 Å². The highest BCUT2D eigenvalue weighted by molar-refractivity contribution is 6.83. The zero-order chi connectivity index (χ0) is 15.2. The number of hydrogen-bond donors (Lipinski definition) is 0.